The van der Waals surface area contributed by atoms with E-state index in [0.29, 0.717) is 5.92 Å². The van der Waals surface area contributed by atoms with Crippen molar-refractivity contribution in [3.63, 3.8) is 0 Å². The number of piperidine rings is 1. The maximum atomic E-state index is 12.8. The first-order valence-corrected chi connectivity index (χ1v) is 12.1. The molecule has 3 aliphatic rings. The molecule has 1 aliphatic carbocycles. The van der Waals surface area contributed by atoms with Gasteiger partial charge in [0.05, 0.1) is 19.3 Å². The lowest BCUT2D eigenvalue weighted by atomic mass is 9.87. The maximum absolute atomic E-state index is 12.8. The molecular weight excluding hydrogens is 426 g/mol. The Morgan fingerprint density at radius 3 is 2.82 bits per heavy atom. The van der Waals surface area contributed by atoms with Crippen LogP contribution in [0, 0.1) is 6.57 Å². The minimum atomic E-state index is -0.324. The Kier molecular flexibility index (Phi) is 6.45. The molecule has 176 valence electrons. The van der Waals surface area contributed by atoms with E-state index in [-0.39, 0.29) is 17.5 Å². The molecule has 34 heavy (non-hydrogen) atoms. The number of H-pyrrole nitrogens is 1. The van der Waals surface area contributed by atoms with Crippen molar-refractivity contribution in [1.82, 2.24) is 19.8 Å². The Morgan fingerprint density at radius 1 is 1.29 bits per heavy atom. The van der Waals surface area contributed by atoms with Crippen molar-refractivity contribution >= 4 is 28.8 Å². The number of nitrogens with zero attached hydrogens (tertiary/aromatic N) is 5. The van der Waals surface area contributed by atoms with Gasteiger partial charge >= 0.3 is 5.91 Å². The molecule has 0 radical (unpaired) electrons. The van der Waals surface area contributed by atoms with Gasteiger partial charge in [-0.1, -0.05) is 18.7 Å². The van der Waals surface area contributed by atoms with E-state index in [0.717, 1.165) is 76.1 Å². The lowest BCUT2D eigenvalue weighted by Crippen LogP contribution is -2.40. The summed E-state index contributed by atoms with van der Waals surface area (Å²) in [6, 6.07) is 6.49. The zero-order chi connectivity index (χ0) is 23.5. The van der Waals surface area contributed by atoms with E-state index < -0.39 is 0 Å². The maximum Gasteiger partial charge on any atom is 0.314 e. The number of likely N-dealkylation sites (tertiary alicyclic amines) is 1. The van der Waals surface area contributed by atoms with Crippen LogP contribution >= 0.6 is 0 Å². The molecule has 1 aromatic heterocycles. The summed E-state index contributed by atoms with van der Waals surface area (Å²) in [7, 11) is 2.13. The number of nitrogens with one attached hydrogen (secondary N) is 2. The summed E-state index contributed by atoms with van der Waals surface area (Å²) in [6.45, 7) is 12.1. The number of aliphatic imine (C=N–C) groups is 1. The number of amidine groups is 1. The minimum absolute atomic E-state index is 0.159. The Labute approximate surface area is 200 Å². The van der Waals surface area contributed by atoms with Gasteiger partial charge in [0.25, 0.3) is 5.82 Å². The van der Waals surface area contributed by atoms with Crippen LogP contribution in [0.3, 0.4) is 0 Å². The van der Waals surface area contributed by atoms with Crippen molar-refractivity contribution in [2.75, 3.05) is 45.1 Å². The fourth-order valence-electron chi connectivity index (χ4n) is 5.15. The van der Waals surface area contributed by atoms with E-state index in [4.69, 9.17) is 6.57 Å². The van der Waals surface area contributed by atoms with Crippen LogP contribution in [0.15, 0.2) is 35.5 Å². The summed E-state index contributed by atoms with van der Waals surface area (Å²) in [5.74, 6) is 1.84. The van der Waals surface area contributed by atoms with Crippen LogP contribution in [-0.2, 0) is 0 Å². The van der Waals surface area contributed by atoms with Gasteiger partial charge in [-0.25, -0.2) is 4.98 Å². The smallest absolute Gasteiger partial charge is 0.314 e. The topological polar surface area (TPSA) is 81.0 Å². The van der Waals surface area contributed by atoms with Gasteiger partial charge in [0.2, 0.25) is 5.82 Å². The highest BCUT2D eigenvalue weighted by atomic mass is 16.2. The largest absolute Gasteiger partial charge is 0.363 e. The number of rotatable bonds is 6. The van der Waals surface area contributed by atoms with E-state index >= 15 is 0 Å². The van der Waals surface area contributed by atoms with Crippen LogP contribution in [-0.4, -0.2) is 71.3 Å². The number of hydrogen-bond donors (Lipinski definition) is 2. The third-order valence-corrected chi connectivity index (χ3v) is 7.17. The number of carbonyl (C=O) groups is 1. The Hall–Kier alpha value is -3.44. The molecule has 2 aromatic rings. The molecular formula is C26H31N7O. The summed E-state index contributed by atoms with van der Waals surface area (Å²) >= 11 is 0. The molecule has 1 saturated heterocycles. The third kappa shape index (κ3) is 4.75. The number of carbonyl (C=O) groups excluding carboxylic acids is 1. The highest BCUT2D eigenvalue weighted by Gasteiger charge is 2.25. The molecule has 1 fully saturated rings. The second-order valence-corrected chi connectivity index (χ2v) is 9.38. The normalized spacial score (nSPS) is 19.1. The SMILES string of the molecule is [C-]#[N+]c1cnc(C(=O)Nc2ccc(C3CCN(CC4=NCCN4C)CC3)cc2C2=CCCC2)[nH]1. The van der Waals surface area contributed by atoms with Crippen LogP contribution in [0.25, 0.3) is 10.4 Å². The number of aromatic nitrogens is 2. The van der Waals surface area contributed by atoms with Crippen LogP contribution in [0.4, 0.5) is 11.5 Å². The number of amides is 1. The predicted molar refractivity (Wildman–Crippen MR) is 134 cm³/mol. The van der Waals surface area contributed by atoms with Crippen molar-refractivity contribution in [2.24, 2.45) is 4.99 Å². The molecule has 3 heterocycles. The highest BCUT2D eigenvalue weighted by molar-refractivity contribution is 6.03. The Bertz CT molecular complexity index is 1160. The van der Waals surface area contributed by atoms with Gasteiger partial charge in [-0.15, -0.1) is 0 Å². The van der Waals surface area contributed by atoms with Crippen LogP contribution < -0.4 is 5.32 Å². The van der Waals surface area contributed by atoms with Crippen molar-refractivity contribution in [3.8, 4) is 0 Å². The van der Waals surface area contributed by atoms with Crippen molar-refractivity contribution in [1.29, 1.82) is 0 Å². The fourth-order valence-corrected chi connectivity index (χ4v) is 5.15. The Morgan fingerprint density at radius 2 is 2.15 bits per heavy atom. The summed E-state index contributed by atoms with van der Waals surface area (Å²) < 4.78 is 0. The fraction of sp³-hybridized carbons (Fsp3) is 0.462. The first-order valence-electron chi connectivity index (χ1n) is 12.1. The molecule has 2 aliphatic heterocycles. The number of imidazole rings is 1. The van der Waals surface area contributed by atoms with Gasteiger partial charge in [0, 0.05) is 24.8 Å². The lowest BCUT2D eigenvalue weighted by molar-refractivity contribution is 0.101. The van der Waals surface area contributed by atoms with Gasteiger partial charge in [-0.05, 0) is 74.4 Å². The molecule has 8 nitrogen and oxygen atoms in total. The summed E-state index contributed by atoms with van der Waals surface area (Å²) in [5, 5.41) is 3.02. The standard InChI is InChI=1S/C26H31N7O/c1-27-23-16-29-25(31-23)26(34)30-22-8-7-20(15-21(22)19-5-3-4-6-19)18-9-12-33(13-10-18)17-24-28-11-14-32(24)2/h5,7-8,15-16,18H,3-4,6,9-14,17H2,2H3,(H,29,31)(H,30,34). The second kappa shape index (κ2) is 9.82. The van der Waals surface area contributed by atoms with Gasteiger partial charge in [-0.2, -0.15) is 0 Å². The highest BCUT2D eigenvalue weighted by Crippen LogP contribution is 2.37. The number of benzene rings is 1. The summed E-state index contributed by atoms with van der Waals surface area (Å²) in [4.78, 5) is 32.3. The number of likely N-dealkylation sites (N-methyl/N-ethyl adjacent to an activating group) is 1. The molecule has 1 amide bonds. The zero-order valence-electron chi connectivity index (χ0n) is 19.7. The number of aromatic amines is 1. The molecule has 5 rings (SSSR count). The van der Waals surface area contributed by atoms with E-state index in [1.165, 1.54) is 23.2 Å². The summed E-state index contributed by atoms with van der Waals surface area (Å²) in [6.07, 6.45) is 9.20. The van der Waals surface area contributed by atoms with Crippen LogP contribution in [0.5, 0.6) is 0 Å². The second-order valence-electron chi connectivity index (χ2n) is 9.38. The quantitative estimate of drug-likeness (QED) is 0.634. The first-order chi connectivity index (χ1) is 16.6. The number of hydrogen-bond acceptors (Lipinski definition) is 5. The number of anilines is 1. The predicted octanol–water partition coefficient (Wildman–Crippen LogP) is 4.30. The van der Waals surface area contributed by atoms with Gasteiger partial charge < -0.3 is 15.1 Å². The Balaban J connectivity index is 1.30. The minimum Gasteiger partial charge on any atom is -0.363 e. The molecule has 8 heteroatoms. The summed E-state index contributed by atoms with van der Waals surface area (Å²) in [5.41, 5.74) is 4.58. The van der Waals surface area contributed by atoms with Gasteiger partial charge in [-0.3, -0.25) is 19.7 Å². The average molecular weight is 458 g/mol. The van der Waals surface area contributed by atoms with Crippen molar-refractivity contribution in [2.45, 2.75) is 38.0 Å². The van der Waals surface area contributed by atoms with Crippen LogP contribution in [0.1, 0.15) is 59.8 Å². The number of allylic oxidation sites excluding steroid dienone is 2. The van der Waals surface area contributed by atoms with E-state index in [1.807, 2.05) is 6.07 Å². The molecule has 0 bridgehead atoms. The molecule has 0 spiro atoms. The van der Waals surface area contributed by atoms with E-state index in [2.05, 4.69) is 60.2 Å². The van der Waals surface area contributed by atoms with Crippen molar-refractivity contribution in [3.05, 3.63) is 58.8 Å². The molecule has 0 unspecified atom stereocenters. The van der Waals surface area contributed by atoms with Gasteiger partial charge in [0.15, 0.2) is 0 Å². The molecule has 0 saturated carbocycles. The zero-order valence-corrected chi connectivity index (χ0v) is 19.7. The van der Waals surface area contributed by atoms with E-state index in [1.54, 1.807) is 0 Å². The van der Waals surface area contributed by atoms with E-state index in [9.17, 15) is 4.79 Å². The lowest BCUT2D eigenvalue weighted by Gasteiger charge is -2.33. The average Bonchev–Trinajstić information content (AvgIpc) is 3.63. The molecule has 0 atom stereocenters. The van der Waals surface area contributed by atoms with Crippen LogP contribution in [0.2, 0.25) is 0 Å². The third-order valence-electron chi connectivity index (χ3n) is 7.17. The van der Waals surface area contributed by atoms with Gasteiger partial charge in [0.1, 0.15) is 5.84 Å². The van der Waals surface area contributed by atoms with Crippen molar-refractivity contribution < 1.29 is 4.79 Å². The monoisotopic (exact) mass is 457 g/mol. The first kappa shape index (κ1) is 22.4. The molecule has 2 N–H and O–H groups in total. The molecule has 1 aromatic carbocycles.